The van der Waals surface area contributed by atoms with Gasteiger partial charge < -0.3 is 10.5 Å². The highest BCUT2D eigenvalue weighted by Crippen LogP contribution is 2.31. The first-order valence-corrected chi connectivity index (χ1v) is 5.87. The molecule has 0 aliphatic rings. The second kappa shape index (κ2) is 4.40. The Kier molecular flexibility index (Phi) is 2.72. The van der Waals surface area contributed by atoms with Crippen LogP contribution in [0, 0.1) is 0 Å². The minimum atomic E-state index is 0.279. The molecule has 0 spiro atoms. The fourth-order valence-corrected chi connectivity index (χ4v) is 2.05. The van der Waals surface area contributed by atoms with Crippen molar-refractivity contribution < 1.29 is 4.74 Å². The molecule has 0 aliphatic heterocycles. The zero-order valence-corrected chi connectivity index (χ0v) is 10.8. The van der Waals surface area contributed by atoms with E-state index in [-0.39, 0.29) is 5.82 Å². The first-order valence-electron chi connectivity index (χ1n) is 5.50. The highest BCUT2D eigenvalue weighted by atomic mass is 35.5. The van der Waals surface area contributed by atoms with Crippen molar-refractivity contribution in [3.05, 3.63) is 35.6 Å². The van der Waals surface area contributed by atoms with E-state index in [0.29, 0.717) is 22.2 Å². The van der Waals surface area contributed by atoms with Crippen LogP contribution in [0.4, 0.5) is 5.82 Å². The van der Waals surface area contributed by atoms with Crippen molar-refractivity contribution in [1.29, 1.82) is 0 Å². The van der Waals surface area contributed by atoms with E-state index in [0.717, 1.165) is 5.56 Å². The van der Waals surface area contributed by atoms with Gasteiger partial charge >= 0.3 is 0 Å². The van der Waals surface area contributed by atoms with Crippen LogP contribution in [-0.2, 0) is 0 Å². The quantitative estimate of drug-likeness (QED) is 0.774. The molecule has 0 unspecified atom stereocenters. The molecule has 2 N–H and O–H groups in total. The Labute approximate surface area is 113 Å². The maximum Gasteiger partial charge on any atom is 0.189 e. The lowest BCUT2D eigenvalue weighted by molar-refractivity contribution is 0.416. The highest BCUT2D eigenvalue weighted by Gasteiger charge is 2.14. The van der Waals surface area contributed by atoms with Gasteiger partial charge in [-0.1, -0.05) is 11.6 Å². The number of aromatic nitrogens is 4. The summed E-state index contributed by atoms with van der Waals surface area (Å²) in [7, 11) is 1.57. The second-order valence-corrected chi connectivity index (χ2v) is 4.31. The molecule has 0 aliphatic carbocycles. The molecule has 1 aromatic carbocycles. The van der Waals surface area contributed by atoms with Gasteiger partial charge in [-0.3, -0.25) is 4.40 Å². The van der Waals surface area contributed by atoms with Crippen LogP contribution in [-0.4, -0.2) is 26.7 Å². The minimum absolute atomic E-state index is 0.279. The van der Waals surface area contributed by atoms with Gasteiger partial charge in [-0.05, 0) is 18.2 Å². The lowest BCUT2D eigenvalue weighted by Gasteiger charge is -2.09. The molecule has 0 saturated heterocycles. The predicted octanol–water partition coefficient (Wildman–Crippen LogP) is 2.04. The normalized spacial score (nSPS) is 10.8. The van der Waals surface area contributed by atoms with Gasteiger partial charge in [0.05, 0.1) is 12.7 Å². The largest absolute Gasteiger partial charge is 0.496 e. The molecule has 0 saturated carbocycles. The molecule has 96 valence electrons. The number of ether oxygens (including phenoxy) is 1. The number of anilines is 1. The van der Waals surface area contributed by atoms with Gasteiger partial charge in [0, 0.05) is 17.4 Å². The molecule has 2 aromatic heterocycles. The van der Waals surface area contributed by atoms with Crippen LogP contribution in [0.2, 0.25) is 5.02 Å². The Morgan fingerprint density at radius 2 is 2.16 bits per heavy atom. The van der Waals surface area contributed by atoms with Crippen LogP contribution in [0.25, 0.3) is 17.0 Å². The Morgan fingerprint density at radius 1 is 1.32 bits per heavy atom. The van der Waals surface area contributed by atoms with Crippen molar-refractivity contribution in [1.82, 2.24) is 19.6 Å². The fourth-order valence-electron chi connectivity index (χ4n) is 1.89. The van der Waals surface area contributed by atoms with Crippen molar-refractivity contribution in [2.45, 2.75) is 0 Å². The SMILES string of the molecule is COc1cc(Cl)ccc1-c1nnc(N)c2nccn12. The number of nitrogens with zero attached hydrogens (tertiary/aromatic N) is 4. The molecule has 0 amide bonds. The monoisotopic (exact) mass is 275 g/mol. The zero-order valence-electron chi connectivity index (χ0n) is 10.0. The van der Waals surface area contributed by atoms with E-state index in [4.69, 9.17) is 22.1 Å². The molecule has 0 fully saturated rings. The average Bonchev–Trinajstić information content (AvgIpc) is 2.90. The summed E-state index contributed by atoms with van der Waals surface area (Å²) in [4.78, 5) is 4.15. The predicted molar refractivity (Wildman–Crippen MR) is 72.2 cm³/mol. The number of nitrogen functional groups attached to an aromatic ring is 1. The third-order valence-corrected chi connectivity index (χ3v) is 2.99. The van der Waals surface area contributed by atoms with E-state index < -0.39 is 0 Å². The summed E-state index contributed by atoms with van der Waals surface area (Å²) in [5, 5.41) is 8.61. The topological polar surface area (TPSA) is 78.3 Å². The van der Waals surface area contributed by atoms with E-state index in [1.807, 2.05) is 6.07 Å². The van der Waals surface area contributed by atoms with Gasteiger partial charge in [-0.15, -0.1) is 10.2 Å². The Balaban J connectivity index is 2.30. The number of benzene rings is 1. The molecule has 0 atom stereocenters. The van der Waals surface area contributed by atoms with Gasteiger partial charge in [-0.25, -0.2) is 4.98 Å². The molecular formula is C12H10ClN5O. The Bertz CT molecular complexity index is 755. The third-order valence-electron chi connectivity index (χ3n) is 2.75. The summed E-state index contributed by atoms with van der Waals surface area (Å²) in [5.41, 5.74) is 7.06. The number of fused-ring (bicyclic) bond motifs is 1. The van der Waals surface area contributed by atoms with E-state index >= 15 is 0 Å². The van der Waals surface area contributed by atoms with Crippen LogP contribution >= 0.6 is 11.6 Å². The van der Waals surface area contributed by atoms with Crippen LogP contribution < -0.4 is 10.5 Å². The third kappa shape index (κ3) is 1.86. The zero-order chi connectivity index (χ0) is 13.4. The van der Waals surface area contributed by atoms with Gasteiger partial charge in [0.1, 0.15) is 5.75 Å². The summed E-state index contributed by atoms with van der Waals surface area (Å²) >= 11 is 5.95. The summed E-state index contributed by atoms with van der Waals surface area (Å²) in [5.74, 6) is 1.48. The summed E-state index contributed by atoms with van der Waals surface area (Å²) < 4.78 is 7.08. The standard InChI is InChI=1S/C12H10ClN5O/c1-19-9-6-7(13)2-3-8(9)11-17-16-10(14)12-15-4-5-18(11)12/h2-6H,1H3,(H2,14,16). The first-order chi connectivity index (χ1) is 9.20. The van der Waals surface area contributed by atoms with Crippen LogP contribution in [0.5, 0.6) is 5.75 Å². The Hall–Kier alpha value is -2.34. The summed E-state index contributed by atoms with van der Waals surface area (Å²) in [6, 6.07) is 5.30. The van der Waals surface area contributed by atoms with Gasteiger partial charge in [0.15, 0.2) is 17.3 Å². The molecule has 7 heteroatoms. The maximum atomic E-state index is 5.95. The highest BCUT2D eigenvalue weighted by molar-refractivity contribution is 6.30. The number of methoxy groups -OCH3 is 1. The van der Waals surface area contributed by atoms with Crippen molar-refractivity contribution in [2.75, 3.05) is 12.8 Å². The maximum absolute atomic E-state index is 5.95. The van der Waals surface area contributed by atoms with Crippen LogP contribution in [0.3, 0.4) is 0 Å². The van der Waals surface area contributed by atoms with Crippen molar-refractivity contribution in [3.8, 4) is 17.1 Å². The van der Waals surface area contributed by atoms with Crippen molar-refractivity contribution in [2.24, 2.45) is 0 Å². The number of hydrogen-bond acceptors (Lipinski definition) is 5. The second-order valence-electron chi connectivity index (χ2n) is 3.87. The molecule has 19 heavy (non-hydrogen) atoms. The summed E-state index contributed by atoms with van der Waals surface area (Å²) in [6.45, 7) is 0. The average molecular weight is 276 g/mol. The fraction of sp³-hybridized carbons (Fsp3) is 0.0833. The number of nitrogens with two attached hydrogens (primary N) is 1. The minimum Gasteiger partial charge on any atom is -0.496 e. The van der Waals surface area contributed by atoms with Gasteiger partial charge in [0.2, 0.25) is 0 Å². The number of rotatable bonds is 2. The molecule has 0 bridgehead atoms. The van der Waals surface area contributed by atoms with Gasteiger partial charge in [0.25, 0.3) is 0 Å². The van der Waals surface area contributed by atoms with Gasteiger partial charge in [-0.2, -0.15) is 0 Å². The molecule has 2 heterocycles. The molecular weight excluding hydrogens is 266 g/mol. The van der Waals surface area contributed by atoms with E-state index in [2.05, 4.69) is 15.2 Å². The first kappa shape index (κ1) is 11.7. The smallest absolute Gasteiger partial charge is 0.189 e. The Morgan fingerprint density at radius 3 is 2.95 bits per heavy atom. The molecule has 3 rings (SSSR count). The van der Waals surface area contributed by atoms with Crippen molar-refractivity contribution in [3.63, 3.8) is 0 Å². The molecule has 6 nitrogen and oxygen atoms in total. The van der Waals surface area contributed by atoms with E-state index in [9.17, 15) is 0 Å². The molecule has 0 radical (unpaired) electrons. The number of hydrogen-bond donors (Lipinski definition) is 1. The van der Waals surface area contributed by atoms with Crippen LogP contribution in [0.15, 0.2) is 30.6 Å². The van der Waals surface area contributed by atoms with Crippen LogP contribution in [0.1, 0.15) is 0 Å². The number of halogens is 1. The lowest BCUT2D eigenvalue weighted by atomic mass is 10.2. The lowest BCUT2D eigenvalue weighted by Crippen LogP contribution is -2.04. The van der Waals surface area contributed by atoms with E-state index in [1.54, 1.807) is 36.0 Å². The number of imidazole rings is 1. The van der Waals surface area contributed by atoms with E-state index in [1.165, 1.54) is 0 Å². The van der Waals surface area contributed by atoms with Crippen molar-refractivity contribution >= 4 is 23.1 Å². The molecule has 3 aromatic rings. The summed E-state index contributed by atoms with van der Waals surface area (Å²) in [6.07, 6.45) is 3.41.